The largest absolute Gasteiger partial charge is 0.507 e. The van der Waals surface area contributed by atoms with E-state index in [0.29, 0.717) is 39.8 Å². The number of ketones is 2. The van der Waals surface area contributed by atoms with Crippen molar-refractivity contribution >= 4 is 39.7 Å². The molecule has 0 saturated carbocycles. The smallest absolute Gasteiger partial charge is 0.301 e. The Labute approximate surface area is 225 Å². The summed E-state index contributed by atoms with van der Waals surface area (Å²) in [4.78, 5) is 45.1. The van der Waals surface area contributed by atoms with Crippen molar-refractivity contribution in [3.05, 3.63) is 75.8 Å². The molecule has 0 spiro atoms. The third-order valence-electron chi connectivity index (χ3n) is 6.31. The first-order chi connectivity index (χ1) is 18.3. The molecule has 1 saturated heterocycles. The summed E-state index contributed by atoms with van der Waals surface area (Å²) >= 11 is 1.05. The van der Waals surface area contributed by atoms with Crippen molar-refractivity contribution in [3.63, 3.8) is 0 Å². The molecule has 8 nitrogen and oxygen atoms in total. The van der Waals surface area contributed by atoms with Crippen molar-refractivity contribution in [2.24, 2.45) is 0 Å². The highest BCUT2D eigenvalue weighted by molar-refractivity contribution is 7.18. The van der Waals surface area contributed by atoms with E-state index in [1.165, 1.54) is 18.9 Å². The number of hydrogen-bond donors (Lipinski definition) is 1. The van der Waals surface area contributed by atoms with Gasteiger partial charge in [-0.15, -0.1) is 0 Å². The minimum absolute atomic E-state index is 0.0690. The molecule has 0 aliphatic carbocycles. The third-order valence-corrected chi connectivity index (χ3v) is 7.57. The van der Waals surface area contributed by atoms with Gasteiger partial charge in [0.25, 0.3) is 5.78 Å². The van der Waals surface area contributed by atoms with Crippen LogP contribution in [0.3, 0.4) is 0 Å². The van der Waals surface area contributed by atoms with Gasteiger partial charge in [-0.25, -0.2) is 4.98 Å². The summed E-state index contributed by atoms with van der Waals surface area (Å²) in [6, 6.07) is 12.7. The van der Waals surface area contributed by atoms with Gasteiger partial charge in [-0.3, -0.25) is 19.3 Å². The normalized spacial score (nSPS) is 16.6. The number of aromatic nitrogens is 1. The molecule has 1 aliphatic rings. The van der Waals surface area contributed by atoms with E-state index in [1.54, 1.807) is 49.4 Å². The summed E-state index contributed by atoms with van der Waals surface area (Å²) in [7, 11) is 1.53. The number of amides is 1. The maximum absolute atomic E-state index is 13.4. The number of rotatable bonds is 10. The molecule has 1 unspecified atom stereocenters. The van der Waals surface area contributed by atoms with Gasteiger partial charge in [0.15, 0.2) is 10.9 Å². The average Bonchev–Trinajstić information content (AvgIpc) is 3.43. The van der Waals surface area contributed by atoms with E-state index in [9.17, 15) is 19.5 Å². The number of benzene rings is 2. The second-order valence-electron chi connectivity index (χ2n) is 8.99. The van der Waals surface area contributed by atoms with E-state index in [4.69, 9.17) is 9.47 Å². The van der Waals surface area contributed by atoms with Gasteiger partial charge >= 0.3 is 5.91 Å². The summed E-state index contributed by atoms with van der Waals surface area (Å²) in [6.45, 7) is 5.77. The van der Waals surface area contributed by atoms with Crippen molar-refractivity contribution in [2.45, 2.75) is 46.1 Å². The number of aryl methyl sites for hydroxylation is 1. The van der Waals surface area contributed by atoms with Crippen LogP contribution >= 0.6 is 11.3 Å². The lowest BCUT2D eigenvalue weighted by Crippen LogP contribution is -2.29. The van der Waals surface area contributed by atoms with E-state index in [0.717, 1.165) is 30.6 Å². The minimum atomic E-state index is -0.971. The molecule has 1 amide bonds. The van der Waals surface area contributed by atoms with Gasteiger partial charge in [-0.1, -0.05) is 43.2 Å². The molecule has 0 bridgehead atoms. The number of aliphatic hydroxyl groups excluding tert-OH is 1. The van der Waals surface area contributed by atoms with Crippen LogP contribution in [0, 0.1) is 6.92 Å². The molecule has 2 heterocycles. The lowest BCUT2D eigenvalue weighted by molar-refractivity contribution is -0.132. The minimum Gasteiger partial charge on any atom is -0.507 e. The number of ether oxygens (including phenoxy) is 2. The number of nitrogens with zero attached hydrogens (tertiary/aromatic N) is 2. The molecular weight excluding hydrogens is 504 g/mol. The predicted octanol–water partition coefficient (Wildman–Crippen LogP) is 5.86. The molecule has 4 rings (SSSR count). The standard InChI is InChI=1S/C29H30N2O6S/c1-5-6-7-15-37-22-10-8-9-20(16-22)24-23(25(33)19-11-13-21(36-4)14-12-19)26(34)28(35)31(24)29-30-17(2)27(38-29)18(3)32/h8-14,16,24,33H,5-7,15H2,1-4H3/b25-23+. The first kappa shape index (κ1) is 27.1. The molecule has 3 aromatic rings. The molecule has 1 aliphatic heterocycles. The van der Waals surface area contributed by atoms with Crippen molar-refractivity contribution in [1.82, 2.24) is 4.98 Å². The number of Topliss-reactive ketones (excluding diaryl/α,β-unsaturated/α-hetero) is 2. The van der Waals surface area contributed by atoms with Gasteiger partial charge in [-0.05, 0) is 55.3 Å². The molecule has 1 atom stereocenters. The fraction of sp³-hybridized carbons (Fsp3) is 0.310. The van der Waals surface area contributed by atoms with Crippen LogP contribution in [0.25, 0.3) is 5.76 Å². The number of aliphatic hydroxyl groups is 1. The van der Waals surface area contributed by atoms with Gasteiger partial charge < -0.3 is 14.6 Å². The Morgan fingerprint density at radius 2 is 1.84 bits per heavy atom. The Kier molecular flexibility index (Phi) is 8.26. The molecule has 1 aromatic heterocycles. The number of anilines is 1. The number of carbonyl (C=O) groups excluding carboxylic acids is 3. The Hall–Kier alpha value is -3.98. The Morgan fingerprint density at radius 1 is 1.11 bits per heavy atom. The van der Waals surface area contributed by atoms with E-state index < -0.39 is 17.7 Å². The highest BCUT2D eigenvalue weighted by atomic mass is 32.1. The van der Waals surface area contributed by atoms with E-state index in [-0.39, 0.29) is 22.2 Å². The SMILES string of the molecule is CCCCCOc1cccc(C2/C(=C(\O)c3ccc(OC)cc3)C(=O)C(=O)N2c2nc(C)c(C(C)=O)s2)c1. The quantitative estimate of drug-likeness (QED) is 0.114. The van der Waals surface area contributed by atoms with Gasteiger partial charge in [-0.2, -0.15) is 0 Å². The average molecular weight is 535 g/mol. The van der Waals surface area contributed by atoms with Crippen LogP contribution < -0.4 is 14.4 Å². The van der Waals surface area contributed by atoms with Crippen LogP contribution in [0.2, 0.25) is 0 Å². The molecule has 2 aromatic carbocycles. The van der Waals surface area contributed by atoms with Crippen LogP contribution in [-0.2, 0) is 9.59 Å². The number of methoxy groups -OCH3 is 1. The number of thiazole rings is 1. The summed E-state index contributed by atoms with van der Waals surface area (Å²) in [5.74, 6) is -0.985. The van der Waals surface area contributed by atoms with E-state index in [1.807, 2.05) is 6.07 Å². The lowest BCUT2D eigenvalue weighted by Gasteiger charge is -2.23. The molecule has 38 heavy (non-hydrogen) atoms. The maximum Gasteiger partial charge on any atom is 0.301 e. The molecular formula is C29H30N2O6S. The Balaban J connectivity index is 1.85. The van der Waals surface area contributed by atoms with E-state index in [2.05, 4.69) is 11.9 Å². The first-order valence-electron chi connectivity index (χ1n) is 12.4. The topological polar surface area (TPSA) is 106 Å². The molecule has 0 radical (unpaired) electrons. The number of unbranched alkanes of at least 4 members (excludes halogenated alkanes) is 2. The van der Waals surface area contributed by atoms with Crippen molar-refractivity contribution < 1.29 is 29.0 Å². The fourth-order valence-corrected chi connectivity index (χ4v) is 5.37. The Morgan fingerprint density at radius 3 is 2.47 bits per heavy atom. The summed E-state index contributed by atoms with van der Waals surface area (Å²) in [5.41, 5.74) is 1.34. The summed E-state index contributed by atoms with van der Waals surface area (Å²) < 4.78 is 11.1. The van der Waals surface area contributed by atoms with Gasteiger partial charge in [0, 0.05) is 12.5 Å². The van der Waals surface area contributed by atoms with Crippen LogP contribution in [0.1, 0.15) is 65.6 Å². The zero-order chi connectivity index (χ0) is 27.4. The van der Waals surface area contributed by atoms with Gasteiger partial charge in [0.2, 0.25) is 0 Å². The van der Waals surface area contributed by atoms with Crippen LogP contribution in [0.4, 0.5) is 5.13 Å². The fourth-order valence-electron chi connectivity index (χ4n) is 4.38. The van der Waals surface area contributed by atoms with E-state index >= 15 is 0 Å². The zero-order valence-corrected chi connectivity index (χ0v) is 22.6. The lowest BCUT2D eigenvalue weighted by atomic mass is 9.95. The second-order valence-corrected chi connectivity index (χ2v) is 9.97. The highest BCUT2D eigenvalue weighted by Crippen LogP contribution is 2.44. The highest BCUT2D eigenvalue weighted by Gasteiger charge is 2.48. The van der Waals surface area contributed by atoms with Crippen LogP contribution in [0.15, 0.2) is 54.1 Å². The zero-order valence-electron chi connectivity index (χ0n) is 21.8. The monoisotopic (exact) mass is 534 g/mol. The second kappa shape index (κ2) is 11.6. The van der Waals surface area contributed by atoms with Crippen molar-refractivity contribution in [2.75, 3.05) is 18.6 Å². The summed E-state index contributed by atoms with van der Waals surface area (Å²) in [5, 5.41) is 11.5. The maximum atomic E-state index is 13.4. The number of hydrogen-bond acceptors (Lipinski definition) is 8. The summed E-state index contributed by atoms with van der Waals surface area (Å²) in [6.07, 6.45) is 3.02. The molecule has 198 valence electrons. The number of carbonyl (C=O) groups is 3. The van der Waals surface area contributed by atoms with Crippen molar-refractivity contribution in [1.29, 1.82) is 0 Å². The molecule has 1 N–H and O–H groups in total. The van der Waals surface area contributed by atoms with Crippen LogP contribution in [-0.4, -0.2) is 41.3 Å². The third kappa shape index (κ3) is 5.33. The molecule has 1 fully saturated rings. The Bertz CT molecular complexity index is 1390. The van der Waals surface area contributed by atoms with Crippen molar-refractivity contribution in [3.8, 4) is 11.5 Å². The van der Waals surface area contributed by atoms with Gasteiger partial charge in [0.1, 0.15) is 17.3 Å². The predicted molar refractivity (Wildman–Crippen MR) is 146 cm³/mol. The molecule has 9 heteroatoms. The van der Waals surface area contributed by atoms with Gasteiger partial charge in [0.05, 0.1) is 35.9 Å². The first-order valence-corrected chi connectivity index (χ1v) is 13.2. The van der Waals surface area contributed by atoms with Crippen LogP contribution in [0.5, 0.6) is 11.5 Å².